The molecule has 1 aromatic rings. The van der Waals surface area contributed by atoms with Gasteiger partial charge in [0.05, 0.1) is 7.11 Å². The summed E-state index contributed by atoms with van der Waals surface area (Å²) in [6.45, 7) is 0.820. The van der Waals surface area contributed by atoms with Crippen molar-refractivity contribution >= 4 is 23.0 Å². The Hall–Kier alpha value is -1.69. The van der Waals surface area contributed by atoms with Gasteiger partial charge in [-0.2, -0.15) is 0 Å². The van der Waals surface area contributed by atoms with Crippen LogP contribution in [0.1, 0.15) is 12.0 Å². The Labute approximate surface area is 121 Å². The summed E-state index contributed by atoms with van der Waals surface area (Å²) in [5.41, 5.74) is 0.893. The molecule has 2 bridgehead atoms. The molecule has 6 heteroatoms. The predicted molar refractivity (Wildman–Crippen MR) is 74.7 cm³/mol. The minimum Gasteiger partial charge on any atom is -0.497 e. The molecule has 0 saturated carbocycles. The largest absolute Gasteiger partial charge is 0.497 e. The van der Waals surface area contributed by atoms with Gasteiger partial charge in [-0.05, 0) is 24.1 Å². The first-order valence-corrected chi connectivity index (χ1v) is 7.32. The van der Waals surface area contributed by atoms with E-state index in [0.717, 1.165) is 17.7 Å². The van der Waals surface area contributed by atoms with Gasteiger partial charge in [0.2, 0.25) is 5.12 Å². The number of fused-ring (bicyclic) bond motifs is 2. The zero-order valence-corrected chi connectivity index (χ0v) is 11.9. The molecule has 2 aliphatic rings. The number of rotatable bonds is 3. The highest BCUT2D eigenvalue weighted by Crippen LogP contribution is 2.39. The van der Waals surface area contributed by atoms with Crippen LogP contribution in [0, 0.1) is 0 Å². The number of carbonyl (C=O) groups excluding carboxylic acids is 2. The molecule has 2 heterocycles. The van der Waals surface area contributed by atoms with Crippen molar-refractivity contribution in [1.82, 2.24) is 4.90 Å². The number of carbonyl (C=O) groups is 2. The van der Waals surface area contributed by atoms with Crippen LogP contribution in [0.3, 0.4) is 0 Å². The molecule has 20 heavy (non-hydrogen) atoms. The van der Waals surface area contributed by atoms with E-state index in [1.165, 1.54) is 11.8 Å². The number of thioether (sulfide) groups is 1. The Morgan fingerprint density at radius 1 is 1.40 bits per heavy atom. The van der Waals surface area contributed by atoms with Crippen LogP contribution >= 0.6 is 11.8 Å². The lowest BCUT2D eigenvalue weighted by Gasteiger charge is -2.24. The molecule has 2 saturated heterocycles. The molecule has 0 aromatic heterocycles. The summed E-state index contributed by atoms with van der Waals surface area (Å²) in [5, 5.41) is 0.337. The van der Waals surface area contributed by atoms with Crippen LogP contribution in [0.2, 0.25) is 0 Å². The van der Waals surface area contributed by atoms with E-state index < -0.39 is 6.09 Å². The number of benzene rings is 1. The number of amides is 1. The third-order valence-electron chi connectivity index (χ3n) is 3.57. The van der Waals surface area contributed by atoms with Gasteiger partial charge in [-0.1, -0.05) is 23.9 Å². The highest BCUT2D eigenvalue weighted by atomic mass is 32.2. The third-order valence-corrected chi connectivity index (χ3v) is 4.75. The van der Waals surface area contributed by atoms with Crippen LogP contribution in [-0.2, 0) is 16.1 Å². The van der Waals surface area contributed by atoms with Crippen LogP contribution in [0.15, 0.2) is 24.3 Å². The van der Waals surface area contributed by atoms with Gasteiger partial charge in [0.25, 0.3) is 0 Å². The van der Waals surface area contributed by atoms with Crippen molar-refractivity contribution in [3.05, 3.63) is 29.8 Å². The van der Waals surface area contributed by atoms with Crippen molar-refractivity contribution < 1.29 is 19.1 Å². The Bertz CT molecular complexity index is 530. The normalized spacial score (nSPS) is 24.1. The maximum atomic E-state index is 12.0. The highest BCUT2D eigenvalue weighted by Gasteiger charge is 2.47. The lowest BCUT2D eigenvalue weighted by molar-refractivity contribution is -0.114. The molecule has 2 aliphatic heterocycles. The molecule has 0 N–H and O–H groups in total. The van der Waals surface area contributed by atoms with Crippen molar-refractivity contribution in [1.29, 1.82) is 0 Å². The van der Waals surface area contributed by atoms with Gasteiger partial charge in [-0.3, -0.25) is 9.69 Å². The fourth-order valence-corrected chi connectivity index (χ4v) is 3.72. The minimum absolute atomic E-state index is 0.0858. The standard InChI is InChI=1S/C14H15NO4S/c1-18-10-4-2-9(3-5-10)8-19-14(17)15-7-11-6-12(15)13(16)20-11/h2-5,11-12H,6-8H2,1H3/t11-,12-/m0/s1. The van der Waals surface area contributed by atoms with Crippen molar-refractivity contribution in [3.8, 4) is 5.75 Å². The Morgan fingerprint density at radius 3 is 2.75 bits per heavy atom. The Balaban J connectivity index is 1.55. The second-order valence-electron chi connectivity index (χ2n) is 4.87. The molecule has 1 aromatic carbocycles. The van der Waals surface area contributed by atoms with E-state index in [4.69, 9.17) is 9.47 Å². The van der Waals surface area contributed by atoms with E-state index in [1.807, 2.05) is 24.3 Å². The Kier molecular flexibility index (Phi) is 3.56. The zero-order valence-electron chi connectivity index (χ0n) is 11.1. The smallest absolute Gasteiger partial charge is 0.410 e. The summed E-state index contributed by atoms with van der Waals surface area (Å²) in [5.74, 6) is 0.763. The van der Waals surface area contributed by atoms with Crippen LogP contribution in [0.25, 0.3) is 0 Å². The summed E-state index contributed by atoms with van der Waals surface area (Å²) in [7, 11) is 1.60. The van der Waals surface area contributed by atoms with E-state index in [2.05, 4.69) is 0 Å². The number of nitrogens with zero attached hydrogens (tertiary/aromatic N) is 1. The molecule has 2 atom stereocenters. The van der Waals surface area contributed by atoms with Gasteiger partial charge in [0, 0.05) is 11.8 Å². The molecule has 0 aliphatic carbocycles. The van der Waals surface area contributed by atoms with Crippen LogP contribution in [0.5, 0.6) is 5.75 Å². The fraction of sp³-hybridized carbons (Fsp3) is 0.429. The monoisotopic (exact) mass is 293 g/mol. The summed E-state index contributed by atoms with van der Waals surface area (Å²) in [6.07, 6.45) is 0.364. The second-order valence-corrected chi connectivity index (χ2v) is 6.17. The maximum Gasteiger partial charge on any atom is 0.410 e. The number of likely N-dealkylation sites (tertiary alicyclic amines) is 1. The first kappa shape index (κ1) is 13.3. The highest BCUT2D eigenvalue weighted by molar-refractivity contribution is 8.14. The average Bonchev–Trinajstić information content (AvgIpc) is 3.04. The third kappa shape index (κ3) is 2.47. The Morgan fingerprint density at radius 2 is 2.15 bits per heavy atom. The van der Waals surface area contributed by atoms with Crippen molar-refractivity contribution in [2.24, 2.45) is 0 Å². The SMILES string of the molecule is COc1ccc(COC(=O)N2C[C@@H]3C[C@H]2C(=O)S3)cc1. The zero-order chi connectivity index (χ0) is 14.1. The van der Waals surface area contributed by atoms with Crippen LogP contribution in [-0.4, -0.2) is 41.1 Å². The second kappa shape index (κ2) is 5.36. The van der Waals surface area contributed by atoms with E-state index >= 15 is 0 Å². The van der Waals surface area contributed by atoms with E-state index in [-0.39, 0.29) is 23.0 Å². The van der Waals surface area contributed by atoms with Crippen LogP contribution in [0.4, 0.5) is 4.79 Å². The number of hydrogen-bond acceptors (Lipinski definition) is 5. The topological polar surface area (TPSA) is 55.8 Å². The minimum atomic E-state index is -0.401. The fourth-order valence-electron chi connectivity index (χ4n) is 2.50. The first-order valence-electron chi connectivity index (χ1n) is 6.44. The van der Waals surface area contributed by atoms with E-state index in [9.17, 15) is 9.59 Å². The number of ether oxygens (including phenoxy) is 2. The summed E-state index contributed by atoms with van der Waals surface area (Å²) in [4.78, 5) is 25.1. The van der Waals surface area contributed by atoms with Gasteiger partial charge in [-0.25, -0.2) is 4.79 Å². The molecule has 106 valence electrons. The molecule has 2 fully saturated rings. The molecule has 0 radical (unpaired) electrons. The summed E-state index contributed by atoms with van der Waals surface area (Å²) in [6, 6.07) is 7.06. The summed E-state index contributed by atoms with van der Waals surface area (Å²) < 4.78 is 10.3. The van der Waals surface area contributed by atoms with Crippen molar-refractivity contribution in [3.63, 3.8) is 0 Å². The maximum absolute atomic E-state index is 12.0. The average molecular weight is 293 g/mol. The molecule has 3 rings (SSSR count). The van der Waals surface area contributed by atoms with Crippen molar-refractivity contribution in [2.45, 2.75) is 24.3 Å². The van der Waals surface area contributed by atoms with Gasteiger partial charge < -0.3 is 9.47 Å². The molecule has 5 nitrogen and oxygen atoms in total. The van der Waals surface area contributed by atoms with Gasteiger partial charge in [0.15, 0.2) is 0 Å². The molecule has 1 amide bonds. The van der Waals surface area contributed by atoms with Gasteiger partial charge in [-0.15, -0.1) is 0 Å². The number of methoxy groups -OCH3 is 1. The van der Waals surface area contributed by atoms with Gasteiger partial charge in [0.1, 0.15) is 18.4 Å². The molecule has 0 spiro atoms. The number of hydrogen-bond donors (Lipinski definition) is 0. The first-order chi connectivity index (χ1) is 9.67. The van der Waals surface area contributed by atoms with Crippen molar-refractivity contribution in [2.75, 3.05) is 13.7 Å². The van der Waals surface area contributed by atoms with E-state index in [1.54, 1.807) is 12.0 Å². The van der Waals surface area contributed by atoms with Gasteiger partial charge >= 0.3 is 6.09 Å². The lowest BCUT2D eigenvalue weighted by atomic mass is 10.2. The molecular formula is C14H15NO4S. The van der Waals surface area contributed by atoms with E-state index in [0.29, 0.717) is 6.54 Å². The van der Waals surface area contributed by atoms with Crippen LogP contribution < -0.4 is 4.74 Å². The molecular weight excluding hydrogens is 278 g/mol. The quantitative estimate of drug-likeness (QED) is 0.853. The molecule has 0 unspecified atom stereocenters. The lowest BCUT2D eigenvalue weighted by Crippen LogP contribution is -2.41. The summed E-state index contributed by atoms with van der Waals surface area (Å²) >= 11 is 1.35. The predicted octanol–water partition coefficient (Wildman–Crippen LogP) is 2.05.